The van der Waals surface area contributed by atoms with Gasteiger partial charge in [-0.05, 0) is 39.0 Å². The first-order valence-electron chi connectivity index (χ1n) is 7.72. The van der Waals surface area contributed by atoms with Gasteiger partial charge >= 0.3 is 0 Å². The number of ether oxygens (including phenoxy) is 2. The lowest BCUT2D eigenvalue weighted by Crippen LogP contribution is -2.64. The second-order valence-corrected chi connectivity index (χ2v) is 6.32. The fraction of sp³-hybridized carbons (Fsp3) is 1.00. The van der Waals surface area contributed by atoms with E-state index in [1.807, 2.05) is 0 Å². The Morgan fingerprint density at radius 1 is 1.26 bits per heavy atom. The Bertz CT molecular complexity index is 271. The summed E-state index contributed by atoms with van der Waals surface area (Å²) in [7, 11) is 1.74. The number of nitrogens with zero attached hydrogens (tertiary/aromatic N) is 1. The third-order valence-electron chi connectivity index (χ3n) is 4.62. The molecule has 0 bridgehead atoms. The van der Waals surface area contributed by atoms with Crippen LogP contribution in [0, 0.1) is 5.92 Å². The molecule has 4 heteroatoms. The first-order chi connectivity index (χ1) is 9.16. The molecule has 0 amide bonds. The Labute approximate surface area is 117 Å². The first kappa shape index (κ1) is 15.2. The van der Waals surface area contributed by atoms with Crippen LogP contribution in [-0.2, 0) is 9.47 Å². The molecule has 0 radical (unpaired) electrons. The maximum absolute atomic E-state index is 5.73. The molecular formula is C15H30N2O2. The molecule has 1 N–H and O–H groups in total. The normalized spacial score (nSPS) is 32.7. The van der Waals surface area contributed by atoms with E-state index in [4.69, 9.17) is 9.47 Å². The highest BCUT2D eigenvalue weighted by molar-refractivity contribution is 5.04. The van der Waals surface area contributed by atoms with Gasteiger partial charge in [0.15, 0.2) is 0 Å². The fourth-order valence-corrected chi connectivity index (χ4v) is 3.13. The summed E-state index contributed by atoms with van der Waals surface area (Å²) in [5, 5.41) is 3.64. The van der Waals surface area contributed by atoms with Crippen molar-refractivity contribution in [3.8, 4) is 0 Å². The topological polar surface area (TPSA) is 33.7 Å². The molecule has 1 saturated heterocycles. The molecule has 0 aromatic rings. The Morgan fingerprint density at radius 3 is 2.74 bits per heavy atom. The Hall–Kier alpha value is -0.160. The highest BCUT2D eigenvalue weighted by atomic mass is 16.5. The zero-order valence-corrected chi connectivity index (χ0v) is 12.8. The van der Waals surface area contributed by atoms with Crippen LogP contribution in [0.1, 0.15) is 33.1 Å². The van der Waals surface area contributed by atoms with Gasteiger partial charge in [-0.25, -0.2) is 0 Å². The van der Waals surface area contributed by atoms with Crippen molar-refractivity contribution in [2.45, 2.75) is 44.7 Å². The largest absolute Gasteiger partial charge is 0.385 e. The lowest BCUT2D eigenvalue weighted by molar-refractivity contribution is 0.00693. The van der Waals surface area contributed by atoms with Crippen molar-refractivity contribution in [2.75, 3.05) is 46.6 Å². The average Bonchev–Trinajstić information content (AvgIpc) is 3.22. The van der Waals surface area contributed by atoms with Crippen LogP contribution in [0.15, 0.2) is 0 Å². The van der Waals surface area contributed by atoms with E-state index in [9.17, 15) is 0 Å². The molecule has 2 atom stereocenters. The maximum atomic E-state index is 5.73. The molecule has 112 valence electrons. The van der Waals surface area contributed by atoms with Crippen LogP contribution in [0.5, 0.6) is 0 Å². The van der Waals surface area contributed by atoms with Crippen LogP contribution in [0.3, 0.4) is 0 Å². The van der Waals surface area contributed by atoms with E-state index in [-0.39, 0.29) is 0 Å². The van der Waals surface area contributed by atoms with Crippen LogP contribution < -0.4 is 5.32 Å². The van der Waals surface area contributed by atoms with E-state index in [1.165, 1.54) is 12.8 Å². The van der Waals surface area contributed by atoms with Crippen molar-refractivity contribution in [3.05, 3.63) is 0 Å². The summed E-state index contributed by atoms with van der Waals surface area (Å²) in [4.78, 5) is 2.65. The van der Waals surface area contributed by atoms with Crippen molar-refractivity contribution >= 4 is 0 Å². The smallest absolute Gasteiger partial charge is 0.0593 e. The van der Waals surface area contributed by atoms with E-state index in [0.717, 1.165) is 51.8 Å². The van der Waals surface area contributed by atoms with Gasteiger partial charge in [0.25, 0.3) is 0 Å². The van der Waals surface area contributed by atoms with Crippen LogP contribution in [0.25, 0.3) is 0 Å². The van der Waals surface area contributed by atoms with Crippen molar-refractivity contribution in [1.29, 1.82) is 0 Å². The van der Waals surface area contributed by atoms with E-state index in [0.29, 0.717) is 11.6 Å². The molecule has 1 aliphatic heterocycles. The second kappa shape index (κ2) is 7.02. The molecule has 2 fully saturated rings. The predicted molar refractivity (Wildman–Crippen MR) is 77.5 cm³/mol. The fourth-order valence-electron chi connectivity index (χ4n) is 3.13. The molecule has 2 aliphatic rings. The van der Waals surface area contributed by atoms with Crippen molar-refractivity contribution in [1.82, 2.24) is 10.2 Å². The number of hydrogen-bond acceptors (Lipinski definition) is 4. The van der Waals surface area contributed by atoms with Gasteiger partial charge in [-0.2, -0.15) is 0 Å². The zero-order chi connectivity index (χ0) is 13.7. The van der Waals surface area contributed by atoms with Gasteiger partial charge in [0.1, 0.15) is 0 Å². The highest BCUT2D eigenvalue weighted by Crippen LogP contribution is 2.43. The van der Waals surface area contributed by atoms with Crippen LogP contribution in [0.2, 0.25) is 0 Å². The van der Waals surface area contributed by atoms with Gasteiger partial charge in [0.05, 0.1) is 6.61 Å². The predicted octanol–water partition coefficient (Wildman–Crippen LogP) is 1.50. The lowest BCUT2D eigenvalue weighted by Gasteiger charge is -2.48. The number of hydrogen-bond donors (Lipinski definition) is 1. The molecule has 2 unspecified atom stereocenters. The molecule has 1 aliphatic carbocycles. The summed E-state index contributed by atoms with van der Waals surface area (Å²) in [6, 6.07) is 0.598. The van der Waals surface area contributed by atoms with Crippen LogP contribution >= 0.6 is 0 Å². The number of nitrogens with one attached hydrogen (secondary N) is 1. The van der Waals surface area contributed by atoms with Gasteiger partial charge in [0, 0.05) is 51.5 Å². The van der Waals surface area contributed by atoms with E-state index in [1.54, 1.807) is 7.11 Å². The Balaban J connectivity index is 1.72. The Morgan fingerprint density at radius 2 is 2.05 bits per heavy atom. The third-order valence-corrected chi connectivity index (χ3v) is 4.62. The Kier molecular flexibility index (Phi) is 5.63. The minimum Gasteiger partial charge on any atom is -0.385 e. The number of methoxy groups -OCH3 is 1. The van der Waals surface area contributed by atoms with E-state index >= 15 is 0 Å². The molecular weight excluding hydrogens is 240 g/mol. The standard InChI is InChI=1S/C15H30N2O2/c1-13-11-17(7-10-19-9-4-8-18-3)15(2,12-16-13)14-5-6-14/h13-14,16H,4-12H2,1-3H3. The third kappa shape index (κ3) is 4.15. The monoisotopic (exact) mass is 270 g/mol. The quantitative estimate of drug-likeness (QED) is 0.678. The van der Waals surface area contributed by atoms with Gasteiger partial charge in [-0.1, -0.05) is 0 Å². The minimum absolute atomic E-state index is 0.350. The molecule has 0 aromatic heterocycles. The van der Waals surface area contributed by atoms with Crippen molar-refractivity contribution in [2.24, 2.45) is 5.92 Å². The van der Waals surface area contributed by atoms with Gasteiger partial charge in [-0.15, -0.1) is 0 Å². The molecule has 19 heavy (non-hydrogen) atoms. The minimum atomic E-state index is 0.350. The SMILES string of the molecule is COCCCOCCN1CC(C)NCC1(C)C1CC1. The summed E-state index contributed by atoms with van der Waals surface area (Å²) < 4.78 is 10.8. The van der Waals surface area contributed by atoms with Gasteiger partial charge in [0.2, 0.25) is 0 Å². The molecule has 0 aromatic carbocycles. The molecule has 2 rings (SSSR count). The van der Waals surface area contributed by atoms with Crippen LogP contribution in [-0.4, -0.2) is 63.0 Å². The maximum Gasteiger partial charge on any atom is 0.0593 e. The molecule has 1 heterocycles. The molecule has 4 nitrogen and oxygen atoms in total. The zero-order valence-electron chi connectivity index (χ0n) is 12.8. The summed E-state index contributed by atoms with van der Waals surface area (Å²) in [5.74, 6) is 0.890. The molecule has 0 spiro atoms. The van der Waals surface area contributed by atoms with Gasteiger partial charge in [-0.3, -0.25) is 4.90 Å². The highest BCUT2D eigenvalue weighted by Gasteiger charge is 2.47. The second-order valence-electron chi connectivity index (χ2n) is 6.32. The summed E-state index contributed by atoms with van der Waals surface area (Å²) in [6.07, 6.45) is 3.80. The summed E-state index contributed by atoms with van der Waals surface area (Å²) >= 11 is 0. The lowest BCUT2D eigenvalue weighted by atomic mass is 9.90. The van der Waals surface area contributed by atoms with Crippen LogP contribution in [0.4, 0.5) is 0 Å². The first-order valence-corrected chi connectivity index (χ1v) is 7.72. The number of rotatable bonds is 8. The summed E-state index contributed by atoms with van der Waals surface area (Å²) in [5.41, 5.74) is 0.350. The van der Waals surface area contributed by atoms with Gasteiger partial charge < -0.3 is 14.8 Å². The van der Waals surface area contributed by atoms with Crippen molar-refractivity contribution in [3.63, 3.8) is 0 Å². The average molecular weight is 270 g/mol. The summed E-state index contributed by atoms with van der Waals surface area (Å²) in [6.45, 7) is 10.5. The van der Waals surface area contributed by atoms with Crippen molar-refractivity contribution < 1.29 is 9.47 Å². The van der Waals surface area contributed by atoms with E-state index in [2.05, 4.69) is 24.1 Å². The van der Waals surface area contributed by atoms with E-state index < -0.39 is 0 Å². The molecule has 1 saturated carbocycles. The number of piperazine rings is 1.